The fraction of sp³-hybridized carbons (Fsp3) is 0.200. The molecule has 2 aromatic rings. The van der Waals surface area contributed by atoms with E-state index in [0.29, 0.717) is 23.7 Å². The van der Waals surface area contributed by atoms with Crippen LogP contribution in [0.5, 0.6) is 0 Å². The molecule has 0 atom stereocenters. The Morgan fingerprint density at radius 2 is 2.05 bits per heavy atom. The molecule has 0 N–H and O–H groups in total. The smallest absolute Gasteiger partial charge is 0.255 e. The van der Waals surface area contributed by atoms with Gasteiger partial charge in [-0.3, -0.25) is 4.79 Å². The lowest BCUT2D eigenvalue weighted by atomic mass is 10.2. The predicted molar refractivity (Wildman–Crippen MR) is 76.1 cm³/mol. The molecule has 0 aliphatic rings. The van der Waals surface area contributed by atoms with E-state index >= 15 is 0 Å². The number of aromatic nitrogens is 1. The largest absolute Gasteiger partial charge is 0.334 e. The number of carbonyl (C=O) groups excluding carboxylic acids is 1. The molecule has 2 rings (SSSR count). The summed E-state index contributed by atoms with van der Waals surface area (Å²) in [5.41, 5.74) is 1.24. The molecule has 0 radical (unpaired) electrons. The van der Waals surface area contributed by atoms with Gasteiger partial charge in [-0.05, 0) is 30.7 Å². The summed E-state index contributed by atoms with van der Waals surface area (Å²) in [5.74, 6) is -0.796. The fourth-order valence-electron chi connectivity index (χ4n) is 1.84. The first-order chi connectivity index (χ1) is 9.61. The lowest BCUT2D eigenvalue weighted by Crippen LogP contribution is -2.30. The van der Waals surface area contributed by atoms with Crippen LogP contribution in [0.3, 0.4) is 0 Å². The van der Waals surface area contributed by atoms with E-state index in [1.807, 2.05) is 25.1 Å². The maximum Gasteiger partial charge on any atom is 0.255 e. The molecule has 1 amide bonds. The van der Waals surface area contributed by atoms with Crippen LogP contribution in [-0.4, -0.2) is 22.3 Å². The highest BCUT2D eigenvalue weighted by molar-refractivity contribution is 6.31. The van der Waals surface area contributed by atoms with Gasteiger partial charge in [-0.1, -0.05) is 29.8 Å². The average molecular weight is 293 g/mol. The lowest BCUT2D eigenvalue weighted by Gasteiger charge is -2.21. The van der Waals surface area contributed by atoms with Crippen LogP contribution in [0.4, 0.5) is 4.39 Å². The standard InChI is InChI=1S/C15H14ClFN2O/c1-2-19(10-12-5-3-4-6-13(12)16)15(20)11-7-8-14(17)18-9-11/h3-9H,2,10H2,1H3. The zero-order valence-electron chi connectivity index (χ0n) is 11.0. The van der Waals surface area contributed by atoms with Gasteiger partial charge in [0.05, 0.1) is 5.56 Å². The van der Waals surface area contributed by atoms with Crippen LogP contribution in [0.15, 0.2) is 42.6 Å². The summed E-state index contributed by atoms with van der Waals surface area (Å²) in [4.78, 5) is 17.5. The van der Waals surface area contributed by atoms with E-state index in [4.69, 9.17) is 11.6 Å². The molecular weight excluding hydrogens is 279 g/mol. The maximum atomic E-state index is 12.8. The van der Waals surface area contributed by atoms with Crippen LogP contribution in [-0.2, 0) is 6.54 Å². The molecule has 0 unspecified atom stereocenters. The Kier molecular flexibility index (Phi) is 4.69. The van der Waals surface area contributed by atoms with Crippen molar-refractivity contribution in [3.05, 3.63) is 64.7 Å². The van der Waals surface area contributed by atoms with Gasteiger partial charge in [0.1, 0.15) is 0 Å². The van der Waals surface area contributed by atoms with Crippen molar-refractivity contribution in [2.24, 2.45) is 0 Å². The van der Waals surface area contributed by atoms with E-state index in [9.17, 15) is 9.18 Å². The Balaban J connectivity index is 2.18. The van der Waals surface area contributed by atoms with Crippen LogP contribution < -0.4 is 0 Å². The number of rotatable bonds is 4. The molecule has 1 heterocycles. The normalized spacial score (nSPS) is 10.3. The molecule has 0 fully saturated rings. The number of hydrogen-bond acceptors (Lipinski definition) is 2. The van der Waals surface area contributed by atoms with Crippen molar-refractivity contribution in [2.45, 2.75) is 13.5 Å². The van der Waals surface area contributed by atoms with Crippen LogP contribution in [0.25, 0.3) is 0 Å². The molecule has 0 saturated heterocycles. The summed E-state index contributed by atoms with van der Waals surface area (Å²) in [7, 11) is 0. The molecule has 0 saturated carbocycles. The zero-order valence-corrected chi connectivity index (χ0v) is 11.8. The van der Waals surface area contributed by atoms with Gasteiger partial charge >= 0.3 is 0 Å². The molecule has 0 spiro atoms. The van der Waals surface area contributed by atoms with Gasteiger partial charge < -0.3 is 4.90 Å². The molecule has 0 bridgehead atoms. The molecule has 3 nitrogen and oxygen atoms in total. The Labute approximate surface area is 122 Å². The molecule has 5 heteroatoms. The SMILES string of the molecule is CCN(Cc1ccccc1Cl)C(=O)c1ccc(F)nc1. The number of hydrogen-bond donors (Lipinski definition) is 0. The number of benzene rings is 1. The summed E-state index contributed by atoms with van der Waals surface area (Å²) in [5, 5.41) is 0.621. The third-order valence-electron chi connectivity index (χ3n) is 2.96. The quantitative estimate of drug-likeness (QED) is 0.808. The number of nitrogens with zero attached hydrogens (tertiary/aromatic N) is 2. The second-order valence-electron chi connectivity index (χ2n) is 4.28. The molecule has 1 aromatic heterocycles. The highest BCUT2D eigenvalue weighted by Crippen LogP contribution is 2.18. The molecule has 104 valence electrons. The summed E-state index contributed by atoms with van der Waals surface area (Å²) in [6.07, 6.45) is 1.24. The second kappa shape index (κ2) is 6.48. The Morgan fingerprint density at radius 1 is 1.30 bits per heavy atom. The van der Waals surface area contributed by atoms with Gasteiger partial charge in [0.2, 0.25) is 5.95 Å². The van der Waals surface area contributed by atoms with Gasteiger partial charge in [-0.2, -0.15) is 4.39 Å². The van der Waals surface area contributed by atoms with Crippen LogP contribution >= 0.6 is 11.6 Å². The maximum absolute atomic E-state index is 12.8. The lowest BCUT2D eigenvalue weighted by molar-refractivity contribution is 0.0752. The first-order valence-electron chi connectivity index (χ1n) is 6.26. The van der Waals surface area contributed by atoms with Crippen LogP contribution in [0.1, 0.15) is 22.8 Å². The first kappa shape index (κ1) is 14.5. The Bertz CT molecular complexity index is 601. The van der Waals surface area contributed by atoms with Crippen molar-refractivity contribution in [1.82, 2.24) is 9.88 Å². The summed E-state index contributed by atoms with van der Waals surface area (Å²) in [6, 6.07) is 9.99. The van der Waals surface area contributed by atoms with Crippen molar-refractivity contribution in [3.63, 3.8) is 0 Å². The molecule has 1 aromatic carbocycles. The van der Waals surface area contributed by atoms with E-state index in [1.54, 1.807) is 11.0 Å². The van der Waals surface area contributed by atoms with Gasteiger partial charge in [0, 0.05) is 24.3 Å². The molecule has 0 aliphatic heterocycles. The highest BCUT2D eigenvalue weighted by Gasteiger charge is 2.16. The number of amides is 1. The minimum absolute atomic E-state index is 0.195. The average Bonchev–Trinajstić information content (AvgIpc) is 2.46. The number of halogens is 2. The van der Waals surface area contributed by atoms with Crippen molar-refractivity contribution < 1.29 is 9.18 Å². The summed E-state index contributed by atoms with van der Waals surface area (Å²) >= 11 is 6.10. The van der Waals surface area contributed by atoms with Crippen LogP contribution in [0, 0.1) is 5.95 Å². The van der Waals surface area contributed by atoms with Gasteiger partial charge in [-0.25, -0.2) is 4.98 Å². The third-order valence-corrected chi connectivity index (χ3v) is 3.33. The third kappa shape index (κ3) is 3.33. The van der Waals surface area contributed by atoms with Gasteiger partial charge in [-0.15, -0.1) is 0 Å². The number of pyridine rings is 1. The van der Waals surface area contributed by atoms with E-state index in [0.717, 1.165) is 5.56 Å². The monoisotopic (exact) mass is 292 g/mol. The topological polar surface area (TPSA) is 33.2 Å². The summed E-state index contributed by atoms with van der Waals surface area (Å²) in [6.45, 7) is 2.82. The highest BCUT2D eigenvalue weighted by atomic mass is 35.5. The van der Waals surface area contributed by atoms with E-state index in [1.165, 1.54) is 18.3 Å². The van der Waals surface area contributed by atoms with E-state index < -0.39 is 5.95 Å². The van der Waals surface area contributed by atoms with E-state index in [2.05, 4.69) is 4.98 Å². The molecule has 20 heavy (non-hydrogen) atoms. The molecular formula is C15H14ClFN2O. The Morgan fingerprint density at radius 3 is 2.65 bits per heavy atom. The number of carbonyl (C=O) groups is 1. The minimum Gasteiger partial charge on any atom is -0.334 e. The zero-order chi connectivity index (χ0) is 14.5. The van der Waals surface area contributed by atoms with Gasteiger partial charge in [0.25, 0.3) is 5.91 Å². The second-order valence-corrected chi connectivity index (χ2v) is 4.69. The Hall–Kier alpha value is -1.94. The minimum atomic E-state index is -0.601. The van der Waals surface area contributed by atoms with Crippen molar-refractivity contribution in [1.29, 1.82) is 0 Å². The van der Waals surface area contributed by atoms with Crippen molar-refractivity contribution in [2.75, 3.05) is 6.54 Å². The van der Waals surface area contributed by atoms with Crippen molar-refractivity contribution >= 4 is 17.5 Å². The van der Waals surface area contributed by atoms with Gasteiger partial charge in [0.15, 0.2) is 0 Å². The van der Waals surface area contributed by atoms with Crippen molar-refractivity contribution in [3.8, 4) is 0 Å². The van der Waals surface area contributed by atoms with E-state index in [-0.39, 0.29) is 5.91 Å². The predicted octanol–water partition coefficient (Wildman–Crippen LogP) is 3.54. The van der Waals surface area contributed by atoms with Crippen LogP contribution in [0.2, 0.25) is 5.02 Å². The fourth-order valence-corrected chi connectivity index (χ4v) is 2.04. The molecule has 0 aliphatic carbocycles. The first-order valence-corrected chi connectivity index (χ1v) is 6.64. The summed E-state index contributed by atoms with van der Waals surface area (Å²) < 4.78 is 12.8.